The number of piperidine rings is 1. The SMILES string of the molecule is CC(COc1cc(Cl)ccc1C1CCN(C(=O)CNC(=O)N2CCCC2)CC1)N1CCCC1. The number of urea groups is 1. The molecule has 0 saturated carbocycles. The van der Waals surface area contributed by atoms with Gasteiger partial charge in [0.1, 0.15) is 12.4 Å². The number of hydrogen-bond acceptors (Lipinski definition) is 4. The van der Waals surface area contributed by atoms with Crippen LogP contribution in [0.25, 0.3) is 0 Å². The van der Waals surface area contributed by atoms with Crippen LogP contribution in [-0.2, 0) is 4.79 Å². The maximum absolute atomic E-state index is 12.6. The van der Waals surface area contributed by atoms with Gasteiger partial charge in [0.15, 0.2) is 0 Å². The van der Waals surface area contributed by atoms with Crippen molar-refractivity contribution in [3.05, 3.63) is 28.8 Å². The number of carbonyl (C=O) groups excluding carboxylic acids is 2. The third-order valence-corrected chi connectivity index (χ3v) is 7.53. The summed E-state index contributed by atoms with van der Waals surface area (Å²) in [4.78, 5) is 30.9. The summed E-state index contributed by atoms with van der Waals surface area (Å²) in [6.45, 7) is 8.20. The lowest BCUT2D eigenvalue weighted by molar-refractivity contribution is -0.131. The molecule has 0 aliphatic carbocycles. The summed E-state index contributed by atoms with van der Waals surface area (Å²) >= 11 is 6.29. The Labute approximate surface area is 202 Å². The van der Waals surface area contributed by atoms with Crippen LogP contribution in [0.3, 0.4) is 0 Å². The van der Waals surface area contributed by atoms with Crippen LogP contribution in [0.2, 0.25) is 5.02 Å². The number of halogens is 1. The Morgan fingerprint density at radius 3 is 2.39 bits per heavy atom. The Morgan fingerprint density at radius 2 is 1.70 bits per heavy atom. The zero-order chi connectivity index (χ0) is 23.2. The van der Waals surface area contributed by atoms with Gasteiger partial charge in [-0.25, -0.2) is 4.79 Å². The van der Waals surface area contributed by atoms with Gasteiger partial charge in [0.2, 0.25) is 5.91 Å². The van der Waals surface area contributed by atoms with Gasteiger partial charge < -0.3 is 19.9 Å². The number of carbonyl (C=O) groups is 2. The number of ether oxygens (including phenoxy) is 1. The Kier molecular flexibility index (Phi) is 8.36. The Balaban J connectivity index is 1.28. The van der Waals surface area contributed by atoms with Crippen LogP contribution in [0.5, 0.6) is 5.75 Å². The van der Waals surface area contributed by atoms with Crippen molar-refractivity contribution in [2.24, 2.45) is 0 Å². The van der Waals surface area contributed by atoms with E-state index in [1.165, 1.54) is 18.4 Å². The largest absolute Gasteiger partial charge is 0.492 e. The van der Waals surface area contributed by atoms with E-state index in [0.29, 0.717) is 36.7 Å². The second kappa shape index (κ2) is 11.4. The molecule has 3 fully saturated rings. The maximum atomic E-state index is 12.6. The summed E-state index contributed by atoms with van der Waals surface area (Å²) < 4.78 is 6.27. The smallest absolute Gasteiger partial charge is 0.317 e. The number of hydrogen-bond donors (Lipinski definition) is 1. The Morgan fingerprint density at radius 1 is 1.03 bits per heavy atom. The molecule has 182 valence electrons. The first-order chi connectivity index (χ1) is 16.0. The van der Waals surface area contributed by atoms with E-state index in [-0.39, 0.29) is 18.5 Å². The lowest BCUT2D eigenvalue weighted by atomic mass is 9.88. The number of amides is 3. The molecular formula is C25H37ClN4O3. The van der Waals surface area contributed by atoms with E-state index in [9.17, 15) is 9.59 Å². The monoisotopic (exact) mass is 476 g/mol. The lowest BCUT2D eigenvalue weighted by Crippen LogP contribution is -2.46. The molecule has 1 unspecified atom stereocenters. The number of benzene rings is 1. The molecule has 1 N–H and O–H groups in total. The molecule has 0 bridgehead atoms. The predicted octanol–water partition coefficient (Wildman–Crippen LogP) is 3.71. The van der Waals surface area contributed by atoms with Crippen LogP contribution in [0, 0.1) is 0 Å². The highest BCUT2D eigenvalue weighted by molar-refractivity contribution is 6.30. The van der Waals surface area contributed by atoms with E-state index in [4.69, 9.17) is 16.3 Å². The molecule has 1 aromatic carbocycles. The standard InChI is InChI=1S/C25H37ClN4O3/c1-19(28-10-2-3-11-28)18-33-23-16-21(26)6-7-22(23)20-8-14-29(15-9-20)24(31)17-27-25(32)30-12-4-5-13-30/h6-7,16,19-20H,2-5,8-15,17-18H2,1H3,(H,27,32). The van der Waals surface area contributed by atoms with Gasteiger partial charge in [-0.2, -0.15) is 0 Å². The third kappa shape index (κ3) is 6.33. The van der Waals surface area contributed by atoms with E-state index in [0.717, 1.165) is 57.6 Å². The number of nitrogens with one attached hydrogen (secondary N) is 1. The average molecular weight is 477 g/mol. The fraction of sp³-hybridized carbons (Fsp3) is 0.680. The van der Waals surface area contributed by atoms with Crippen molar-refractivity contribution < 1.29 is 14.3 Å². The molecule has 3 amide bonds. The summed E-state index contributed by atoms with van der Waals surface area (Å²) in [6, 6.07) is 6.20. The van der Waals surface area contributed by atoms with Gasteiger partial charge in [0.05, 0.1) is 6.54 Å². The molecule has 0 spiro atoms. The van der Waals surface area contributed by atoms with Crippen molar-refractivity contribution >= 4 is 23.5 Å². The molecular weight excluding hydrogens is 440 g/mol. The molecule has 4 rings (SSSR count). The number of nitrogens with zero attached hydrogens (tertiary/aromatic N) is 3. The molecule has 3 aliphatic heterocycles. The highest BCUT2D eigenvalue weighted by Crippen LogP contribution is 2.36. The van der Waals surface area contributed by atoms with Crippen LogP contribution in [-0.4, -0.2) is 85.1 Å². The molecule has 3 heterocycles. The van der Waals surface area contributed by atoms with Gasteiger partial charge >= 0.3 is 6.03 Å². The highest BCUT2D eigenvalue weighted by Gasteiger charge is 2.27. The molecule has 1 aromatic rings. The molecule has 3 aliphatic rings. The fourth-order valence-electron chi connectivity index (χ4n) is 5.20. The van der Waals surface area contributed by atoms with Gasteiger partial charge in [-0.15, -0.1) is 0 Å². The maximum Gasteiger partial charge on any atom is 0.317 e. The molecule has 8 heteroatoms. The fourth-order valence-corrected chi connectivity index (χ4v) is 5.37. The third-order valence-electron chi connectivity index (χ3n) is 7.29. The van der Waals surface area contributed by atoms with Crippen molar-refractivity contribution in [1.29, 1.82) is 0 Å². The number of rotatable bonds is 7. The van der Waals surface area contributed by atoms with Gasteiger partial charge in [0.25, 0.3) is 0 Å². The van der Waals surface area contributed by atoms with Crippen LogP contribution >= 0.6 is 11.6 Å². The van der Waals surface area contributed by atoms with Crippen LogP contribution in [0.1, 0.15) is 56.9 Å². The van der Waals surface area contributed by atoms with E-state index in [1.54, 1.807) is 4.90 Å². The molecule has 3 saturated heterocycles. The molecule has 1 atom stereocenters. The predicted molar refractivity (Wildman–Crippen MR) is 130 cm³/mol. The first-order valence-corrected chi connectivity index (χ1v) is 12.9. The average Bonchev–Trinajstić information content (AvgIpc) is 3.56. The van der Waals surface area contributed by atoms with Gasteiger partial charge in [-0.3, -0.25) is 9.69 Å². The minimum Gasteiger partial charge on any atom is -0.492 e. The first-order valence-electron chi connectivity index (χ1n) is 12.5. The summed E-state index contributed by atoms with van der Waals surface area (Å²) in [6.07, 6.45) is 6.39. The van der Waals surface area contributed by atoms with Gasteiger partial charge in [0, 0.05) is 37.2 Å². The summed E-state index contributed by atoms with van der Waals surface area (Å²) in [5, 5.41) is 3.47. The minimum absolute atomic E-state index is 0.00647. The van der Waals surface area contributed by atoms with Crippen LogP contribution < -0.4 is 10.1 Å². The Bertz CT molecular complexity index is 816. The molecule has 0 aromatic heterocycles. The Hall–Kier alpha value is -1.99. The normalized spacial score (nSPS) is 20.8. The zero-order valence-corrected chi connectivity index (χ0v) is 20.5. The molecule has 7 nitrogen and oxygen atoms in total. The zero-order valence-electron chi connectivity index (χ0n) is 19.7. The minimum atomic E-state index is -0.123. The van der Waals surface area contributed by atoms with E-state index in [1.807, 2.05) is 17.0 Å². The van der Waals surface area contributed by atoms with Crippen molar-refractivity contribution in [3.63, 3.8) is 0 Å². The van der Waals surface area contributed by atoms with E-state index < -0.39 is 0 Å². The van der Waals surface area contributed by atoms with Gasteiger partial charge in [-0.05, 0) is 82.2 Å². The topological polar surface area (TPSA) is 65.1 Å². The van der Waals surface area contributed by atoms with Crippen molar-refractivity contribution in [1.82, 2.24) is 20.0 Å². The van der Waals surface area contributed by atoms with E-state index >= 15 is 0 Å². The summed E-state index contributed by atoms with van der Waals surface area (Å²) in [5.41, 5.74) is 1.18. The number of likely N-dealkylation sites (tertiary alicyclic amines) is 3. The van der Waals surface area contributed by atoms with Gasteiger partial charge in [-0.1, -0.05) is 17.7 Å². The summed E-state index contributed by atoms with van der Waals surface area (Å²) in [7, 11) is 0. The lowest BCUT2D eigenvalue weighted by Gasteiger charge is -2.33. The van der Waals surface area contributed by atoms with Crippen molar-refractivity contribution in [2.75, 3.05) is 52.4 Å². The second-order valence-corrected chi connectivity index (χ2v) is 10.0. The van der Waals surface area contributed by atoms with E-state index in [2.05, 4.69) is 23.2 Å². The molecule has 0 radical (unpaired) electrons. The van der Waals surface area contributed by atoms with Crippen molar-refractivity contribution in [2.45, 2.75) is 57.4 Å². The van der Waals surface area contributed by atoms with Crippen LogP contribution in [0.15, 0.2) is 18.2 Å². The summed E-state index contributed by atoms with van der Waals surface area (Å²) in [5.74, 6) is 1.20. The first kappa shape index (κ1) is 24.1. The highest BCUT2D eigenvalue weighted by atomic mass is 35.5. The van der Waals surface area contributed by atoms with Crippen LogP contribution in [0.4, 0.5) is 4.79 Å². The molecule has 33 heavy (non-hydrogen) atoms. The second-order valence-electron chi connectivity index (χ2n) is 9.59. The van der Waals surface area contributed by atoms with Crippen molar-refractivity contribution in [3.8, 4) is 5.75 Å². The quantitative estimate of drug-likeness (QED) is 0.651.